The zero-order chi connectivity index (χ0) is 17.0. The number of likely N-dealkylation sites (N-methyl/N-ethyl adjacent to an activating group) is 1. The van der Waals surface area contributed by atoms with Crippen molar-refractivity contribution in [2.24, 2.45) is 0 Å². The van der Waals surface area contributed by atoms with Crippen LogP contribution < -0.4 is 0 Å². The molecule has 0 saturated carbocycles. The zero-order valence-electron chi connectivity index (χ0n) is 12.8. The van der Waals surface area contributed by atoms with Gasteiger partial charge in [0.1, 0.15) is 0 Å². The van der Waals surface area contributed by atoms with Crippen LogP contribution >= 0.6 is 15.9 Å². The molecule has 0 unspecified atom stereocenters. The fraction of sp³-hybridized carbons (Fsp3) is 0.375. The number of nitrogens with zero attached hydrogens (tertiary/aromatic N) is 1. The number of aliphatic carboxylic acids is 2. The topological polar surface area (TPSA) is 93.6 Å². The van der Waals surface area contributed by atoms with Crippen molar-refractivity contribution < 1.29 is 19.8 Å². The maximum absolute atomic E-state index is 9.10. The molecule has 3 N–H and O–H groups in total. The molecule has 23 heavy (non-hydrogen) atoms. The molecule has 0 bridgehead atoms. The Morgan fingerprint density at radius 3 is 2.61 bits per heavy atom. The molecule has 0 spiro atoms. The van der Waals surface area contributed by atoms with Crippen molar-refractivity contribution in [3.8, 4) is 0 Å². The number of hydrogen-bond acceptors (Lipinski definition) is 3. The van der Waals surface area contributed by atoms with Crippen molar-refractivity contribution in [2.45, 2.75) is 25.3 Å². The molecule has 1 fully saturated rings. The molecule has 3 rings (SSSR count). The molecule has 0 radical (unpaired) electrons. The van der Waals surface area contributed by atoms with E-state index in [1.165, 1.54) is 35.9 Å². The highest BCUT2D eigenvalue weighted by Gasteiger charge is 2.21. The van der Waals surface area contributed by atoms with Crippen LogP contribution in [-0.2, 0) is 16.0 Å². The van der Waals surface area contributed by atoms with Gasteiger partial charge in [-0.15, -0.1) is 0 Å². The summed E-state index contributed by atoms with van der Waals surface area (Å²) in [5, 5.41) is 16.1. The highest BCUT2D eigenvalue weighted by Crippen LogP contribution is 2.26. The number of likely N-dealkylation sites (tertiary alicyclic amines) is 1. The van der Waals surface area contributed by atoms with E-state index in [2.05, 4.69) is 57.3 Å². The first-order valence-electron chi connectivity index (χ1n) is 7.30. The van der Waals surface area contributed by atoms with Crippen LogP contribution in [0.3, 0.4) is 0 Å². The van der Waals surface area contributed by atoms with E-state index in [9.17, 15) is 0 Å². The summed E-state index contributed by atoms with van der Waals surface area (Å²) >= 11 is 3.55. The van der Waals surface area contributed by atoms with Gasteiger partial charge in [-0.2, -0.15) is 0 Å². The lowest BCUT2D eigenvalue weighted by Gasteiger charge is -2.18. The van der Waals surface area contributed by atoms with E-state index in [-0.39, 0.29) is 0 Å². The van der Waals surface area contributed by atoms with Gasteiger partial charge in [0.25, 0.3) is 0 Å². The molecule has 1 aromatic heterocycles. The van der Waals surface area contributed by atoms with E-state index < -0.39 is 11.9 Å². The smallest absolute Gasteiger partial charge is 0.414 e. The summed E-state index contributed by atoms with van der Waals surface area (Å²) in [6.45, 7) is 1.25. The lowest BCUT2D eigenvalue weighted by Crippen LogP contribution is -2.26. The van der Waals surface area contributed by atoms with Gasteiger partial charge in [0.05, 0.1) is 0 Å². The molecular formula is C16H19BrN2O4. The van der Waals surface area contributed by atoms with E-state index in [4.69, 9.17) is 19.8 Å². The third-order valence-electron chi connectivity index (χ3n) is 4.04. The number of hydrogen-bond donors (Lipinski definition) is 3. The van der Waals surface area contributed by atoms with Gasteiger partial charge in [0, 0.05) is 27.6 Å². The zero-order valence-corrected chi connectivity index (χ0v) is 14.3. The van der Waals surface area contributed by atoms with Crippen LogP contribution in [0.4, 0.5) is 0 Å². The minimum atomic E-state index is -1.82. The first-order valence-corrected chi connectivity index (χ1v) is 8.09. The van der Waals surface area contributed by atoms with Crippen molar-refractivity contribution in [1.29, 1.82) is 0 Å². The highest BCUT2D eigenvalue weighted by molar-refractivity contribution is 9.10. The second kappa shape index (κ2) is 7.61. The number of halogens is 1. The molecule has 2 aromatic rings. The Hall–Kier alpha value is -1.86. The van der Waals surface area contributed by atoms with E-state index in [0.29, 0.717) is 6.04 Å². The van der Waals surface area contributed by atoms with Crippen LogP contribution in [-0.4, -0.2) is 51.7 Å². The molecule has 1 saturated heterocycles. The Balaban J connectivity index is 0.000000277. The normalized spacial score (nSPS) is 17.7. The maximum atomic E-state index is 9.10. The standard InChI is InChI=1S/C14H17BrN2.C2H2O4/c1-17-6-2-3-12(17)7-10-9-16-14-5-4-11(15)8-13(10)14;3-1(4)2(5)6/h4-5,8-9,12,16H,2-3,6-7H2,1H3;(H,3,4)(H,5,6)/t12-;/m1./s1. The van der Waals surface area contributed by atoms with Gasteiger partial charge in [-0.1, -0.05) is 15.9 Å². The van der Waals surface area contributed by atoms with Gasteiger partial charge >= 0.3 is 11.9 Å². The summed E-state index contributed by atoms with van der Waals surface area (Å²) in [6.07, 6.45) is 6.00. The summed E-state index contributed by atoms with van der Waals surface area (Å²) < 4.78 is 1.16. The maximum Gasteiger partial charge on any atom is 0.414 e. The van der Waals surface area contributed by atoms with Crippen molar-refractivity contribution in [3.05, 3.63) is 34.4 Å². The van der Waals surface area contributed by atoms with Crippen LogP contribution in [0, 0.1) is 0 Å². The Morgan fingerprint density at radius 1 is 1.35 bits per heavy atom. The van der Waals surface area contributed by atoms with Gasteiger partial charge in [-0.3, -0.25) is 0 Å². The molecule has 124 valence electrons. The number of carboxylic acids is 2. The Morgan fingerprint density at radius 2 is 2.04 bits per heavy atom. The third-order valence-corrected chi connectivity index (χ3v) is 4.53. The van der Waals surface area contributed by atoms with Crippen LogP contribution in [0.1, 0.15) is 18.4 Å². The summed E-state index contributed by atoms with van der Waals surface area (Å²) in [6, 6.07) is 7.16. The monoisotopic (exact) mass is 382 g/mol. The van der Waals surface area contributed by atoms with Crippen molar-refractivity contribution in [1.82, 2.24) is 9.88 Å². The molecule has 1 aliphatic heterocycles. The molecule has 0 aliphatic carbocycles. The number of nitrogens with one attached hydrogen (secondary N) is 1. The number of carbonyl (C=O) groups is 2. The highest BCUT2D eigenvalue weighted by atomic mass is 79.9. The first kappa shape index (κ1) is 17.5. The van der Waals surface area contributed by atoms with E-state index in [1.807, 2.05) is 0 Å². The molecular weight excluding hydrogens is 364 g/mol. The molecule has 1 aliphatic rings. The molecule has 1 atom stereocenters. The molecule has 6 nitrogen and oxygen atoms in total. The number of rotatable bonds is 2. The fourth-order valence-electron chi connectivity index (χ4n) is 2.81. The minimum Gasteiger partial charge on any atom is -0.473 e. The van der Waals surface area contributed by atoms with Crippen LogP contribution in [0.2, 0.25) is 0 Å². The van der Waals surface area contributed by atoms with Crippen molar-refractivity contribution in [2.75, 3.05) is 13.6 Å². The number of H-pyrrole nitrogens is 1. The van der Waals surface area contributed by atoms with Gasteiger partial charge in [-0.05, 0) is 56.6 Å². The van der Waals surface area contributed by atoms with E-state index in [0.717, 1.165) is 10.9 Å². The summed E-state index contributed by atoms with van der Waals surface area (Å²) in [5.74, 6) is -3.65. The summed E-state index contributed by atoms with van der Waals surface area (Å²) in [5.41, 5.74) is 2.68. The molecule has 0 amide bonds. The second-order valence-corrected chi connectivity index (χ2v) is 6.51. The number of aromatic nitrogens is 1. The lowest BCUT2D eigenvalue weighted by molar-refractivity contribution is -0.159. The van der Waals surface area contributed by atoms with Crippen LogP contribution in [0.5, 0.6) is 0 Å². The Labute approximate surface area is 142 Å². The van der Waals surface area contributed by atoms with Crippen LogP contribution in [0.25, 0.3) is 10.9 Å². The van der Waals surface area contributed by atoms with Gasteiger partial charge in [0.2, 0.25) is 0 Å². The molecule has 7 heteroatoms. The number of benzene rings is 1. The predicted octanol–water partition coefficient (Wildman–Crippen LogP) is 2.72. The number of carboxylic acid groups (broad SMARTS) is 2. The molecule has 2 heterocycles. The van der Waals surface area contributed by atoms with Gasteiger partial charge in [0.15, 0.2) is 0 Å². The summed E-state index contributed by atoms with van der Waals surface area (Å²) in [7, 11) is 2.24. The van der Waals surface area contributed by atoms with Crippen molar-refractivity contribution in [3.63, 3.8) is 0 Å². The quantitative estimate of drug-likeness (QED) is 0.694. The van der Waals surface area contributed by atoms with Gasteiger partial charge in [-0.25, -0.2) is 9.59 Å². The largest absolute Gasteiger partial charge is 0.473 e. The lowest BCUT2D eigenvalue weighted by atomic mass is 10.0. The van der Waals surface area contributed by atoms with Gasteiger partial charge < -0.3 is 20.1 Å². The average molecular weight is 383 g/mol. The number of fused-ring (bicyclic) bond motifs is 1. The fourth-order valence-corrected chi connectivity index (χ4v) is 3.17. The van der Waals surface area contributed by atoms with E-state index >= 15 is 0 Å². The third kappa shape index (κ3) is 4.56. The Bertz CT molecular complexity index is 701. The second-order valence-electron chi connectivity index (χ2n) is 5.59. The summed E-state index contributed by atoms with van der Waals surface area (Å²) in [4.78, 5) is 24.0. The number of aromatic amines is 1. The Kier molecular flexibility index (Phi) is 5.79. The predicted molar refractivity (Wildman–Crippen MR) is 90.6 cm³/mol. The first-order chi connectivity index (χ1) is 10.9. The SMILES string of the molecule is CN1CCC[C@@H]1Cc1c[nH]c2ccc(Br)cc12.O=C(O)C(=O)O. The molecule has 1 aromatic carbocycles. The average Bonchev–Trinajstić information content (AvgIpc) is 3.07. The van der Waals surface area contributed by atoms with E-state index in [1.54, 1.807) is 0 Å². The minimum absolute atomic E-state index is 0.716. The van der Waals surface area contributed by atoms with Crippen molar-refractivity contribution >= 4 is 38.8 Å². The van der Waals surface area contributed by atoms with Crippen LogP contribution in [0.15, 0.2) is 28.9 Å².